The summed E-state index contributed by atoms with van der Waals surface area (Å²) in [4.78, 5) is 11.4. The van der Waals surface area contributed by atoms with E-state index in [1.165, 1.54) is 0 Å². The number of Topliss-reactive ketones (excluding diaryl/α,β-unsaturated/α-hetero) is 1. The smallest absolute Gasteiger partial charge is 0.156 e. The molecule has 1 unspecified atom stereocenters. The molecule has 0 saturated carbocycles. The summed E-state index contributed by atoms with van der Waals surface area (Å²) in [6, 6.07) is 4.23. The van der Waals surface area contributed by atoms with Crippen LogP contribution in [0.15, 0.2) is 28.2 Å². The molecule has 2 heterocycles. The molecular weight excluding hydrogens is 349 g/mol. The summed E-state index contributed by atoms with van der Waals surface area (Å²) >= 11 is 2.25. The first-order valence-electron chi connectivity index (χ1n) is 5.43. The van der Waals surface area contributed by atoms with E-state index in [0.717, 1.165) is 23.5 Å². The lowest BCUT2D eigenvalue weighted by molar-refractivity contribution is -0.113. The van der Waals surface area contributed by atoms with Gasteiger partial charge in [-0.2, -0.15) is 0 Å². The van der Waals surface area contributed by atoms with Crippen molar-refractivity contribution in [3.8, 4) is 0 Å². The van der Waals surface area contributed by atoms with Gasteiger partial charge in [-0.3, -0.25) is 4.79 Å². The van der Waals surface area contributed by atoms with Crippen LogP contribution >= 0.6 is 30.3 Å². The molecule has 3 nitrogen and oxygen atoms in total. The molecule has 17 heavy (non-hydrogen) atoms. The van der Waals surface area contributed by atoms with Crippen molar-refractivity contribution in [3.63, 3.8) is 0 Å². The Hall–Kier alpha value is -0.270. The predicted molar refractivity (Wildman–Crippen MR) is 77.9 cm³/mol. The second kappa shape index (κ2) is 5.58. The van der Waals surface area contributed by atoms with Crippen LogP contribution in [0.2, 0.25) is 0 Å². The topological polar surface area (TPSA) is 33.5 Å². The Morgan fingerprint density at radius 2 is 2.35 bits per heavy atom. The van der Waals surface area contributed by atoms with Gasteiger partial charge in [0.15, 0.2) is 5.78 Å². The van der Waals surface area contributed by atoms with Crippen molar-refractivity contribution in [1.29, 1.82) is 0 Å². The van der Waals surface area contributed by atoms with Crippen molar-refractivity contribution < 1.29 is 9.21 Å². The highest BCUT2D eigenvalue weighted by Crippen LogP contribution is 2.38. The summed E-state index contributed by atoms with van der Waals surface area (Å²) in [6.07, 6.45) is 2.87. The van der Waals surface area contributed by atoms with Crippen LogP contribution in [0.25, 0.3) is 0 Å². The minimum atomic E-state index is 0.162. The molecule has 92 valence electrons. The lowest BCUT2D eigenvalue weighted by atomic mass is 10.0. The van der Waals surface area contributed by atoms with Crippen LogP contribution in [0.1, 0.15) is 30.9 Å². The highest BCUT2D eigenvalue weighted by atomic mass is 127. The van der Waals surface area contributed by atoms with Crippen LogP contribution in [0, 0.1) is 6.92 Å². The SMILES string of the molecule is CC(=O)C1=CCC(c2ccc(C)o2)N(SI)C1. The molecule has 0 aliphatic carbocycles. The van der Waals surface area contributed by atoms with E-state index >= 15 is 0 Å². The van der Waals surface area contributed by atoms with E-state index in [9.17, 15) is 4.79 Å². The van der Waals surface area contributed by atoms with E-state index in [2.05, 4.69) is 25.5 Å². The Labute approximate surface area is 117 Å². The lowest BCUT2D eigenvalue weighted by Gasteiger charge is -2.30. The second-order valence-electron chi connectivity index (χ2n) is 4.13. The fourth-order valence-electron chi connectivity index (χ4n) is 1.93. The molecule has 1 aromatic heterocycles. The van der Waals surface area contributed by atoms with Gasteiger partial charge in [0.2, 0.25) is 0 Å². The highest BCUT2D eigenvalue weighted by molar-refractivity contribution is 14.2. The van der Waals surface area contributed by atoms with E-state index in [0.29, 0.717) is 6.54 Å². The molecule has 0 bridgehead atoms. The molecule has 0 spiro atoms. The zero-order valence-electron chi connectivity index (χ0n) is 9.77. The Kier molecular flexibility index (Phi) is 4.32. The Balaban J connectivity index is 2.22. The maximum Gasteiger partial charge on any atom is 0.156 e. The number of rotatable bonds is 3. The van der Waals surface area contributed by atoms with Crippen molar-refractivity contribution in [1.82, 2.24) is 4.31 Å². The number of carbonyl (C=O) groups excluding carboxylic acids is 1. The first kappa shape index (κ1) is 13.2. The van der Waals surface area contributed by atoms with Crippen molar-refractivity contribution in [3.05, 3.63) is 35.3 Å². The molecule has 1 aliphatic rings. The maximum absolute atomic E-state index is 11.4. The number of carbonyl (C=O) groups is 1. The summed E-state index contributed by atoms with van der Waals surface area (Å²) in [5, 5.41) is 0. The normalized spacial score (nSPS) is 21.4. The van der Waals surface area contributed by atoms with Gasteiger partial charge < -0.3 is 4.42 Å². The van der Waals surface area contributed by atoms with Crippen molar-refractivity contribution in [2.75, 3.05) is 6.54 Å². The Morgan fingerprint density at radius 3 is 2.88 bits per heavy atom. The second-order valence-corrected chi connectivity index (χ2v) is 5.92. The predicted octanol–water partition coefficient (Wildman–Crippen LogP) is 3.85. The number of aryl methyl sites for hydroxylation is 1. The zero-order chi connectivity index (χ0) is 12.4. The van der Waals surface area contributed by atoms with Crippen LogP contribution < -0.4 is 0 Å². The van der Waals surface area contributed by atoms with Crippen molar-refractivity contribution in [2.45, 2.75) is 26.3 Å². The van der Waals surface area contributed by atoms with Gasteiger partial charge in [0.1, 0.15) is 11.5 Å². The van der Waals surface area contributed by atoms with Gasteiger partial charge >= 0.3 is 0 Å². The number of halogens is 1. The van der Waals surface area contributed by atoms with Crippen LogP contribution in [-0.4, -0.2) is 16.6 Å². The van der Waals surface area contributed by atoms with E-state index in [-0.39, 0.29) is 11.8 Å². The number of hydrogen-bond donors (Lipinski definition) is 0. The van der Waals surface area contributed by atoms with Crippen LogP contribution in [0.4, 0.5) is 0 Å². The first-order chi connectivity index (χ1) is 8.11. The number of ketones is 1. The van der Waals surface area contributed by atoms with Gasteiger partial charge in [0.05, 0.1) is 6.04 Å². The quantitative estimate of drug-likeness (QED) is 0.604. The largest absolute Gasteiger partial charge is 0.465 e. The summed E-state index contributed by atoms with van der Waals surface area (Å²) in [7, 11) is 1.63. The standard InChI is InChI=1S/C12H14INO2S/c1-8-3-6-12(16-8)11-5-4-10(9(2)15)7-14(11)17-13/h3-4,6,11H,5,7H2,1-2H3. The molecule has 2 rings (SSSR count). The molecular formula is C12H14INO2S. The molecule has 0 radical (unpaired) electrons. The van der Waals surface area contributed by atoms with Gasteiger partial charge in [0, 0.05) is 33.3 Å². The fourth-order valence-corrected chi connectivity index (χ4v) is 3.65. The summed E-state index contributed by atoms with van der Waals surface area (Å²) in [5.41, 5.74) is 0.897. The Morgan fingerprint density at radius 1 is 1.59 bits per heavy atom. The average molecular weight is 363 g/mol. The van der Waals surface area contributed by atoms with Crippen LogP contribution in [0.5, 0.6) is 0 Å². The maximum atomic E-state index is 11.4. The van der Waals surface area contributed by atoms with Gasteiger partial charge in [0.25, 0.3) is 0 Å². The van der Waals surface area contributed by atoms with Gasteiger partial charge in [-0.1, -0.05) is 6.08 Å². The first-order valence-corrected chi connectivity index (χ1v) is 8.75. The van der Waals surface area contributed by atoms with E-state index in [1.54, 1.807) is 16.0 Å². The molecule has 5 heteroatoms. The molecule has 0 fully saturated rings. The van der Waals surface area contributed by atoms with Gasteiger partial charge in [-0.15, -0.1) is 0 Å². The number of furan rings is 1. The highest BCUT2D eigenvalue weighted by Gasteiger charge is 2.28. The number of nitrogens with zero attached hydrogens (tertiary/aromatic N) is 1. The summed E-state index contributed by atoms with van der Waals surface area (Å²) in [6.45, 7) is 4.26. The molecule has 0 saturated heterocycles. The third-order valence-corrected chi connectivity index (χ3v) is 4.97. The zero-order valence-corrected chi connectivity index (χ0v) is 12.7. The molecule has 0 aromatic carbocycles. The number of hydrogen-bond acceptors (Lipinski definition) is 4. The third kappa shape index (κ3) is 2.95. The fraction of sp³-hybridized carbons (Fsp3) is 0.417. The summed E-state index contributed by atoms with van der Waals surface area (Å²) < 4.78 is 7.87. The molecule has 0 N–H and O–H groups in total. The molecule has 1 aromatic rings. The van der Waals surface area contributed by atoms with E-state index in [1.807, 2.05) is 25.1 Å². The monoisotopic (exact) mass is 363 g/mol. The van der Waals surface area contributed by atoms with E-state index in [4.69, 9.17) is 4.42 Å². The Bertz CT molecular complexity index is 455. The van der Waals surface area contributed by atoms with Crippen molar-refractivity contribution in [2.24, 2.45) is 0 Å². The van der Waals surface area contributed by atoms with Crippen LogP contribution in [0.3, 0.4) is 0 Å². The van der Waals surface area contributed by atoms with E-state index < -0.39 is 0 Å². The minimum absolute atomic E-state index is 0.162. The molecule has 0 amide bonds. The summed E-state index contributed by atoms with van der Waals surface area (Å²) in [5.74, 6) is 2.07. The van der Waals surface area contributed by atoms with Crippen LogP contribution in [-0.2, 0) is 4.79 Å². The van der Waals surface area contributed by atoms with Gasteiger partial charge in [-0.25, -0.2) is 4.31 Å². The average Bonchev–Trinajstić information content (AvgIpc) is 2.74. The molecule has 1 atom stereocenters. The molecule has 1 aliphatic heterocycles. The third-order valence-electron chi connectivity index (χ3n) is 2.89. The van der Waals surface area contributed by atoms with Crippen molar-refractivity contribution >= 4 is 36.1 Å². The minimum Gasteiger partial charge on any atom is -0.465 e. The van der Waals surface area contributed by atoms with Gasteiger partial charge in [-0.05, 0) is 41.5 Å². The lowest BCUT2D eigenvalue weighted by Crippen LogP contribution is -2.28.